The van der Waals surface area contributed by atoms with Crippen LogP contribution in [0.5, 0.6) is 0 Å². The highest BCUT2D eigenvalue weighted by Crippen LogP contribution is 2.22. The molecule has 0 aliphatic heterocycles. The highest BCUT2D eigenvalue weighted by Gasteiger charge is 2.22. The molecule has 0 unspecified atom stereocenters. The third-order valence-electron chi connectivity index (χ3n) is 2.40. The quantitative estimate of drug-likeness (QED) is 0.785. The Kier molecular flexibility index (Phi) is 6.27. The van der Waals surface area contributed by atoms with E-state index in [0.29, 0.717) is 5.02 Å². The van der Waals surface area contributed by atoms with E-state index < -0.39 is 24.5 Å². The second-order valence-electron chi connectivity index (χ2n) is 3.74. The number of methoxy groups -OCH3 is 1. The number of carbonyl (C=O) groups excluding carboxylic acids is 2. The summed E-state index contributed by atoms with van der Waals surface area (Å²) in [6.45, 7) is -0.690. The molecule has 0 aromatic heterocycles. The summed E-state index contributed by atoms with van der Waals surface area (Å²) in [6.07, 6.45) is 0.208. The molecular weight excluding hydrogens is 337 g/mol. The molecule has 1 aromatic carbocycles. The van der Waals surface area contributed by atoms with Crippen LogP contribution in [0.25, 0.3) is 0 Å². The van der Waals surface area contributed by atoms with Crippen molar-refractivity contribution in [2.24, 2.45) is 0 Å². The van der Waals surface area contributed by atoms with Crippen LogP contribution in [-0.4, -0.2) is 36.7 Å². The highest BCUT2D eigenvalue weighted by atomic mass is 79.9. The van der Waals surface area contributed by atoms with Gasteiger partial charge < -0.3 is 15.2 Å². The van der Waals surface area contributed by atoms with Gasteiger partial charge in [-0.1, -0.05) is 27.5 Å². The van der Waals surface area contributed by atoms with E-state index in [9.17, 15) is 9.59 Å². The lowest BCUT2D eigenvalue weighted by Crippen LogP contribution is -2.44. The van der Waals surface area contributed by atoms with Crippen molar-refractivity contribution in [3.8, 4) is 0 Å². The molecule has 104 valence electrons. The first-order valence-electron chi connectivity index (χ1n) is 5.40. The number of hydrogen-bond acceptors (Lipinski definition) is 4. The Bertz CT molecular complexity index is 481. The smallest absolute Gasteiger partial charge is 0.328 e. The minimum absolute atomic E-state index is 0.208. The predicted molar refractivity (Wildman–Crippen MR) is 73.9 cm³/mol. The number of esters is 1. The Morgan fingerprint density at radius 3 is 2.79 bits per heavy atom. The summed E-state index contributed by atoms with van der Waals surface area (Å²) in [6, 6.07) is 4.26. The molecule has 1 atom stereocenters. The molecule has 0 spiro atoms. The van der Waals surface area contributed by atoms with Gasteiger partial charge >= 0.3 is 5.97 Å². The van der Waals surface area contributed by atoms with Gasteiger partial charge in [-0.3, -0.25) is 4.79 Å². The topological polar surface area (TPSA) is 75.6 Å². The van der Waals surface area contributed by atoms with Gasteiger partial charge in [-0.2, -0.15) is 0 Å². The lowest BCUT2D eigenvalue weighted by molar-refractivity contribution is -0.145. The largest absolute Gasteiger partial charge is 0.467 e. The van der Waals surface area contributed by atoms with Crippen LogP contribution < -0.4 is 5.32 Å². The fourth-order valence-corrected chi connectivity index (χ4v) is 2.10. The van der Waals surface area contributed by atoms with Gasteiger partial charge in [-0.25, -0.2) is 4.79 Å². The van der Waals surface area contributed by atoms with E-state index >= 15 is 0 Å². The molecule has 1 rings (SSSR count). The molecule has 2 N–H and O–H groups in total. The average Bonchev–Trinajstić information content (AvgIpc) is 2.40. The molecule has 0 bridgehead atoms. The normalized spacial score (nSPS) is 11.8. The zero-order valence-corrected chi connectivity index (χ0v) is 12.5. The summed E-state index contributed by atoms with van der Waals surface area (Å²) in [5.74, 6) is -1.23. The van der Waals surface area contributed by atoms with E-state index in [1.54, 1.807) is 18.2 Å². The van der Waals surface area contributed by atoms with E-state index in [1.165, 1.54) is 7.11 Å². The molecule has 0 saturated carbocycles. The maximum absolute atomic E-state index is 11.6. The third kappa shape index (κ3) is 4.81. The molecular formula is C12H13BrClNO4. The first-order valence-corrected chi connectivity index (χ1v) is 6.57. The van der Waals surface area contributed by atoms with Crippen molar-refractivity contribution < 1.29 is 19.4 Å². The monoisotopic (exact) mass is 349 g/mol. The summed E-state index contributed by atoms with van der Waals surface area (Å²) >= 11 is 9.22. The van der Waals surface area contributed by atoms with Gasteiger partial charge in [-0.05, 0) is 23.8 Å². The Hall–Kier alpha value is -1.11. The predicted octanol–water partition coefficient (Wildman–Crippen LogP) is 1.30. The van der Waals surface area contributed by atoms with E-state index in [0.717, 1.165) is 10.0 Å². The number of nitrogens with one attached hydrogen (secondary N) is 1. The van der Waals surface area contributed by atoms with Crippen LogP contribution in [0, 0.1) is 0 Å². The van der Waals surface area contributed by atoms with E-state index in [-0.39, 0.29) is 6.42 Å². The molecule has 0 heterocycles. The Morgan fingerprint density at radius 1 is 1.53 bits per heavy atom. The van der Waals surface area contributed by atoms with Gasteiger partial charge in [0.1, 0.15) is 12.6 Å². The SMILES string of the molecule is COC(=O)[C@@H](Cc1cc(Cl)ccc1Br)NC(=O)CO. The van der Waals surface area contributed by atoms with Crippen molar-refractivity contribution >= 4 is 39.4 Å². The van der Waals surface area contributed by atoms with Gasteiger partial charge in [0.15, 0.2) is 0 Å². The first kappa shape index (κ1) is 15.9. The molecule has 0 fully saturated rings. The number of ether oxygens (including phenoxy) is 1. The van der Waals surface area contributed by atoms with Crippen LogP contribution in [0.2, 0.25) is 5.02 Å². The molecule has 7 heteroatoms. The minimum Gasteiger partial charge on any atom is -0.467 e. The number of aliphatic hydroxyl groups is 1. The van der Waals surface area contributed by atoms with Crippen molar-refractivity contribution in [1.29, 1.82) is 0 Å². The zero-order valence-electron chi connectivity index (χ0n) is 10.2. The molecule has 0 aliphatic carbocycles. The number of rotatable bonds is 5. The average molecular weight is 351 g/mol. The van der Waals surface area contributed by atoms with Gasteiger partial charge in [0, 0.05) is 15.9 Å². The lowest BCUT2D eigenvalue weighted by atomic mass is 10.1. The maximum Gasteiger partial charge on any atom is 0.328 e. The van der Waals surface area contributed by atoms with Crippen molar-refractivity contribution in [3.63, 3.8) is 0 Å². The van der Waals surface area contributed by atoms with E-state index in [4.69, 9.17) is 16.7 Å². The first-order chi connectivity index (χ1) is 8.97. The molecule has 0 saturated heterocycles. The maximum atomic E-state index is 11.6. The van der Waals surface area contributed by atoms with E-state index in [1.807, 2.05) is 0 Å². The van der Waals surface area contributed by atoms with Crippen molar-refractivity contribution in [3.05, 3.63) is 33.3 Å². The summed E-state index contributed by atoms with van der Waals surface area (Å²) in [5, 5.41) is 11.6. The number of amides is 1. The highest BCUT2D eigenvalue weighted by molar-refractivity contribution is 9.10. The summed E-state index contributed by atoms with van der Waals surface area (Å²) in [7, 11) is 1.23. The van der Waals surface area contributed by atoms with Crippen LogP contribution in [-0.2, 0) is 20.7 Å². The number of carbonyl (C=O) groups is 2. The van der Waals surface area contributed by atoms with Crippen LogP contribution in [0.15, 0.2) is 22.7 Å². The van der Waals surface area contributed by atoms with Crippen LogP contribution in [0.1, 0.15) is 5.56 Å². The summed E-state index contributed by atoms with van der Waals surface area (Å²) in [5.41, 5.74) is 0.751. The number of hydrogen-bond donors (Lipinski definition) is 2. The minimum atomic E-state index is -0.876. The molecule has 0 aliphatic rings. The Labute approximate surface area is 124 Å². The number of aliphatic hydroxyl groups excluding tert-OH is 1. The fraction of sp³-hybridized carbons (Fsp3) is 0.333. The zero-order chi connectivity index (χ0) is 14.4. The van der Waals surface area contributed by atoms with E-state index in [2.05, 4.69) is 26.0 Å². The summed E-state index contributed by atoms with van der Waals surface area (Å²) < 4.78 is 5.38. The third-order valence-corrected chi connectivity index (χ3v) is 3.41. The lowest BCUT2D eigenvalue weighted by Gasteiger charge is -2.16. The van der Waals surface area contributed by atoms with Gasteiger partial charge in [0.25, 0.3) is 0 Å². The van der Waals surface area contributed by atoms with Crippen LogP contribution >= 0.6 is 27.5 Å². The Balaban J connectivity index is 2.90. The number of benzene rings is 1. The van der Waals surface area contributed by atoms with Crippen LogP contribution in [0.3, 0.4) is 0 Å². The molecule has 19 heavy (non-hydrogen) atoms. The summed E-state index contributed by atoms with van der Waals surface area (Å²) in [4.78, 5) is 22.8. The second-order valence-corrected chi connectivity index (χ2v) is 5.03. The van der Waals surface area contributed by atoms with Gasteiger partial charge in [-0.15, -0.1) is 0 Å². The Morgan fingerprint density at radius 2 is 2.21 bits per heavy atom. The fourth-order valence-electron chi connectivity index (χ4n) is 1.50. The molecule has 5 nitrogen and oxygen atoms in total. The van der Waals surface area contributed by atoms with Gasteiger partial charge in [0.2, 0.25) is 5.91 Å². The molecule has 1 amide bonds. The van der Waals surface area contributed by atoms with Crippen molar-refractivity contribution in [2.75, 3.05) is 13.7 Å². The second kappa shape index (κ2) is 7.47. The standard InChI is InChI=1S/C12H13BrClNO4/c1-19-12(18)10(15-11(17)6-16)5-7-4-8(14)2-3-9(7)13/h2-4,10,16H,5-6H2,1H3,(H,15,17)/t10-/m1/s1. The van der Waals surface area contributed by atoms with Crippen LogP contribution in [0.4, 0.5) is 0 Å². The molecule has 0 radical (unpaired) electrons. The number of halogens is 2. The van der Waals surface area contributed by atoms with Crippen molar-refractivity contribution in [1.82, 2.24) is 5.32 Å². The molecule has 1 aromatic rings. The van der Waals surface area contributed by atoms with Gasteiger partial charge in [0.05, 0.1) is 7.11 Å². The van der Waals surface area contributed by atoms with Crippen molar-refractivity contribution in [2.45, 2.75) is 12.5 Å².